The molecule has 0 aliphatic carbocycles. The highest BCUT2D eigenvalue weighted by Crippen LogP contribution is 2.30. The SMILES string of the molecule is CCCCNC(CC(C)(C)C)CC(C)(C)[C@H](C)N. The molecule has 0 saturated carbocycles. The average Bonchev–Trinajstić information content (AvgIpc) is 2.14. The molecule has 2 heteroatoms. The minimum absolute atomic E-state index is 0.204. The predicted octanol–water partition coefficient (Wildman–Crippen LogP) is 3.94. The van der Waals surface area contributed by atoms with Crippen molar-refractivity contribution in [3.05, 3.63) is 0 Å². The predicted molar refractivity (Wildman–Crippen MR) is 82.8 cm³/mol. The van der Waals surface area contributed by atoms with Crippen LogP contribution in [-0.2, 0) is 0 Å². The second-order valence-corrected chi connectivity index (χ2v) is 7.75. The summed E-state index contributed by atoms with van der Waals surface area (Å²) in [7, 11) is 0. The molecule has 110 valence electrons. The van der Waals surface area contributed by atoms with Gasteiger partial charge in [0.1, 0.15) is 0 Å². The van der Waals surface area contributed by atoms with E-state index in [4.69, 9.17) is 5.73 Å². The molecule has 1 unspecified atom stereocenters. The molecule has 0 rings (SSSR count). The van der Waals surface area contributed by atoms with Crippen molar-refractivity contribution in [3.8, 4) is 0 Å². The van der Waals surface area contributed by atoms with Gasteiger partial charge < -0.3 is 11.1 Å². The van der Waals surface area contributed by atoms with E-state index in [-0.39, 0.29) is 11.5 Å². The summed E-state index contributed by atoms with van der Waals surface area (Å²) in [5.74, 6) is 0. The van der Waals surface area contributed by atoms with Crippen molar-refractivity contribution >= 4 is 0 Å². The Labute approximate surface area is 115 Å². The van der Waals surface area contributed by atoms with Gasteiger partial charge in [0.25, 0.3) is 0 Å². The molecule has 0 spiro atoms. The zero-order chi connectivity index (χ0) is 14.4. The molecule has 3 N–H and O–H groups in total. The third kappa shape index (κ3) is 8.10. The maximum absolute atomic E-state index is 6.11. The molecule has 0 radical (unpaired) electrons. The summed E-state index contributed by atoms with van der Waals surface area (Å²) in [6.45, 7) is 17.0. The van der Waals surface area contributed by atoms with Crippen molar-refractivity contribution < 1.29 is 0 Å². The van der Waals surface area contributed by atoms with Crippen LogP contribution < -0.4 is 11.1 Å². The van der Waals surface area contributed by atoms with Gasteiger partial charge in [0.2, 0.25) is 0 Å². The van der Waals surface area contributed by atoms with Crippen LogP contribution >= 0.6 is 0 Å². The van der Waals surface area contributed by atoms with Gasteiger partial charge >= 0.3 is 0 Å². The molecule has 0 aliphatic heterocycles. The number of nitrogens with one attached hydrogen (secondary N) is 1. The van der Waals surface area contributed by atoms with E-state index in [2.05, 4.69) is 53.8 Å². The lowest BCUT2D eigenvalue weighted by Crippen LogP contribution is -2.43. The van der Waals surface area contributed by atoms with Crippen LogP contribution in [0.1, 0.15) is 74.1 Å². The Hall–Kier alpha value is -0.0800. The highest BCUT2D eigenvalue weighted by molar-refractivity contribution is 4.85. The molecule has 0 aromatic heterocycles. The zero-order valence-corrected chi connectivity index (χ0v) is 13.8. The number of rotatable bonds is 8. The maximum atomic E-state index is 6.11. The monoisotopic (exact) mass is 256 g/mol. The molecule has 0 bridgehead atoms. The summed E-state index contributed by atoms with van der Waals surface area (Å²) in [5.41, 5.74) is 6.69. The fourth-order valence-corrected chi connectivity index (χ4v) is 2.26. The Balaban J connectivity index is 4.46. The molecule has 0 saturated heterocycles. The summed E-state index contributed by atoms with van der Waals surface area (Å²) in [6, 6.07) is 0.825. The number of hydrogen-bond donors (Lipinski definition) is 2. The second kappa shape index (κ2) is 7.49. The second-order valence-electron chi connectivity index (χ2n) is 7.75. The molecule has 0 heterocycles. The summed E-state index contributed by atoms with van der Waals surface area (Å²) in [4.78, 5) is 0. The van der Waals surface area contributed by atoms with Gasteiger partial charge in [-0.25, -0.2) is 0 Å². The molecule has 0 aromatic carbocycles. The average molecular weight is 256 g/mol. The van der Waals surface area contributed by atoms with Gasteiger partial charge in [-0.2, -0.15) is 0 Å². The van der Waals surface area contributed by atoms with Crippen LogP contribution in [0.2, 0.25) is 0 Å². The lowest BCUT2D eigenvalue weighted by Gasteiger charge is -2.36. The summed E-state index contributed by atoms with van der Waals surface area (Å²) in [6.07, 6.45) is 4.89. The van der Waals surface area contributed by atoms with Crippen LogP contribution in [-0.4, -0.2) is 18.6 Å². The van der Waals surface area contributed by atoms with Crippen molar-refractivity contribution in [1.82, 2.24) is 5.32 Å². The van der Waals surface area contributed by atoms with E-state index in [1.807, 2.05) is 0 Å². The maximum Gasteiger partial charge on any atom is 0.00777 e. The fourth-order valence-electron chi connectivity index (χ4n) is 2.26. The standard InChI is InChI=1S/C16H36N2/c1-8-9-10-18-14(11-15(3,4)5)12-16(6,7)13(2)17/h13-14,18H,8-12,17H2,1-7H3/t13-,14?/m0/s1. The van der Waals surface area contributed by atoms with Gasteiger partial charge in [0.05, 0.1) is 0 Å². The van der Waals surface area contributed by atoms with Gasteiger partial charge in [0, 0.05) is 12.1 Å². The van der Waals surface area contributed by atoms with Crippen molar-refractivity contribution in [3.63, 3.8) is 0 Å². The molecule has 0 fully saturated rings. The van der Waals surface area contributed by atoms with Crippen molar-refractivity contribution in [1.29, 1.82) is 0 Å². The highest BCUT2D eigenvalue weighted by Gasteiger charge is 2.29. The first-order chi connectivity index (χ1) is 8.08. The topological polar surface area (TPSA) is 38.0 Å². The van der Waals surface area contributed by atoms with Gasteiger partial charge in [-0.1, -0.05) is 48.0 Å². The number of hydrogen-bond acceptors (Lipinski definition) is 2. The third-order valence-corrected chi connectivity index (χ3v) is 3.83. The van der Waals surface area contributed by atoms with E-state index in [1.165, 1.54) is 19.3 Å². The van der Waals surface area contributed by atoms with Crippen LogP contribution in [0.5, 0.6) is 0 Å². The smallest absolute Gasteiger partial charge is 0.00777 e. The third-order valence-electron chi connectivity index (χ3n) is 3.83. The Morgan fingerprint density at radius 2 is 1.61 bits per heavy atom. The Bertz CT molecular complexity index is 214. The molecule has 0 aliphatic rings. The van der Waals surface area contributed by atoms with Gasteiger partial charge in [-0.05, 0) is 43.6 Å². The van der Waals surface area contributed by atoms with E-state index in [0.29, 0.717) is 11.5 Å². The fraction of sp³-hybridized carbons (Fsp3) is 1.00. The van der Waals surface area contributed by atoms with E-state index >= 15 is 0 Å². The van der Waals surface area contributed by atoms with Crippen molar-refractivity contribution in [2.45, 2.75) is 86.2 Å². The van der Waals surface area contributed by atoms with Crippen LogP contribution in [0.25, 0.3) is 0 Å². The molecular weight excluding hydrogens is 220 g/mol. The van der Waals surface area contributed by atoms with E-state index in [1.54, 1.807) is 0 Å². The summed E-state index contributed by atoms with van der Waals surface area (Å²) < 4.78 is 0. The molecule has 0 aromatic rings. The van der Waals surface area contributed by atoms with E-state index in [9.17, 15) is 0 Å². The Morgan fingerprint density at radius 3 is 2.00 bits per heavy atom. The first-order valence-electron chi connectivity index (χ1n) is 7.57. The highest BCUT2D eigenvalue weighted by atomic mass is 14.9. The number of nitrogens with two attached hydrogens (primary N) is 1. The van der Waals surface area contributed by atoms with Crippen LogP contribution in [0, 0.1) is 10.8 Å². The molecule has 18 heavy (non-hydrogen) atoms. The molecule has 2 nitrogen and oxygen atoms in total. The van der Waals surface area contributed by atoms with Crippen LogP contribution in [0.15, 0.2) is 0 Å². The van der Waals surface area contributed by atoms with Gasteiger partial charge in [0.15, 0.2) is 0 Å². The van der Waals surface area contributed by atoms with Gasteiger partial charge in [-0.3, -0.25) is 0 Å². The minimum atomic E-state index is 0.204. The first-order valence-corrected chi connectivity index (χ1v) is 7.57. The minimum Gasteiger partial charge on any atom is -0.327 e. The van der Waals surface area contributed by atoms with E-state index < -0.39 is 0 Å². The lowest BCUT2D eigenvalue weighted by molar-refractivity contribution is 0.201. The molecule has 2 atom stereocenters. The van der Waals surface area contributed by atoms with Gasteiger partial charge in [-0.15, -0.1) is 0 Å². The normalized spacial score (nSPS) is 16.7. The Morgan fingerprint density at radius 1 is 1.06 bits per heavy atom. The Kier molecular flexibility index (Phi) is 7.46. The lowest BCUT2D eigenvalue weighted by atomic mass is 9.76. The summed E-state index contributed by atoms with van der Waals surface area (Å²) >= 11 is 0. The van der Waals surface area contributed by atoms with Crippen molar-refractivity contribution in [2.75, 3.05) is 6.54 Å². The van der Waals surface area contributed by atoms with E-state index in [0.717, 1.165) is 13.0 Å². The number of unbranched alkanes of at least 4 members (excludes halogenated alkanes) is 1. The molecule has 0 amide bonds. The van der Waals surface area contributed by atoms with Crippen LogP contribution in [0.4, 0.5) is 0 Å². The summed E-state index contributed by atoms with van der Waals surface area (Å²) in [5, 5.41) is 3.73. The zero-order valence-electron chi connectivity index (χ0n) is 13.8. The van der Waals surface area contributed by atoms with Crippen LogP contribution in [0.3, 0.4) is 0 Å². The first kappa shape index (κ1) is 17.9. The van der Waals surface area contributed by atoms with Crippen molar-refractivity contribution in [2.24, 2.45) is 16.6 Å². The molecular formula is C16H36N2. The quantitative estimate of drug-likeness (QED) is 0.645. The largest absolute Gasteiger partial charge is 0.327 e.